The summed E-state index contributed by atoms with van der Waals surface area (Å²) in [5.41, 5.74) is 0.667. The summed E-state index contributed by atoms with van der Waals surface area (Å²) in [7, 11) is 1.59. The molecule has 0 radical (unpaired) electrons. The van der Waals surface area contributed by atoms with E-state index in [2.05, 4.69) is 26.1 Å². The van der Waals surface area contributed by atoms with Gasteiger partial charge in [0.2, 0.25) is 5.91 Å². The highest BCUT2D eigenvalue weighted by Gasteiger charge is 2.31. The number of thiophene rings is 1. The molecule has 4 rings (SSSR count). The van der Waals surface area contributed by atoms with Crippen LogP contribution in [0, 0.1) is 0 Å². The Labute approximate surface area is 166 Å². The number of anilines is 1. The SMILES string of the molecule is COc1ccccc1NC(=O)[C@H](C)Sc1nnc(-c2cccs2)n1C1CC1. The first-order valence-electron chi connectivity index (χ1n) is 8.76. The third kappa shape index (κ3) is 3.86. The molecule has 1 saturated carbocycles. The monoisotopic (exact) mass is 400 g/mol. The molecule has 140 valence electrons. The lowest BCUT2D eigenvalue weighted by molar-refractivity contribution is -0.115. The van der Waals surface area contributed by atoms with E-state index in [4.69, 9.17) is 4.74 Å². The van der Waals surface area contributed by atoms with E-state index in [-0.39, 0.29) is 11.2 Å². The van der Waals surface area contributed by atoms with Crippen LogP contribution in [0.3, 0.4) is 0 Å². The van der Waals surface area contributed by atoms with Gasteiger partial charge in [-0.2, -0.15) is 0 Å². The van der Waals surface area contributed by atoms with Gasteiger partial charge in [0.25, 0.3) is 0 Å². The maximum atomic E-state index is 12.7. The second-order valence-electron chi connectivity index (χ2n) is 6.33. The van der Waals surface area contributed by atoms with Crippen LogP contribution in [-0.2, 0) is 4.79 Å². The summed E-state index contributed by atoms with van der Waals surface area (Å²) in [4.78, 5) is 13.8. The zero-order valence-electron chi connectivity index (χ0n) is 15.1. The lowest BCUT2D eigenvalue weighted by Gasteiger charge is -2.14. The van der Waals surface area contributed by atoms with Crippen molar-refractivity contribution >= 4 is 34.7 Å². The summed E-state index contributed by atoms with van der Waals surface area (Å²) in [6.45, 7) is 1.88. The number of hydrogen-bond acceptors (Lipinski definition) is 6. The Kier molecular flexibility index (Phi) is 5.18. The van der Waals surface area contributed by atoms with Crippen molar-refractivity contribution < 1.29 is 9.53 Å². The number of rotatable bonds is 7. The molecule has 0 spiro atoms. The number of nitrogens with one attached hydrogen (secondary N) is 1. The molecule has 6 nitrogen and oxygen atoms in total. The van der Waals surface area contributed by atoms with Gasteiger partial charge in [-0.05, 0) is 43.3 Å². The summed E-state index contributed by atoms with van der Waals surface area (Å²) >= 11 is 3.09. The Morgan fingerprint density at radius 1 is 1.30 bits per heavy atom. The van der Waals surface area contributed by atoms with Gasteiger partial charge in [-0.3, -0.25) is 9.36 Å². The Bertz CT molecular complexity index is 935. The standard InChI is InChI=1S/C19H20N4O2S2/c1-12(18(24)20-14-6-3-4-7-15(14)25-2)27-19-22-21-17(16-8-5-11-26-16)23(19)13-9-10-13/h3-8,11-13H,9-10H2,1-2H3,(H,20,24)/t12-/m0/s1. The number of amides is 1. The second kappa shape index (κ2) is 7.74. The van der Waals surface area contributed by atoms with Gasteiger partial charge in [-0.25, -0.2) is 0 Å². The van der Waals surface area contributed by atoms with E-state index < -0.39 is 0 Å². The molecule has 1 fully saturated rings. The maximum Gasteiger partial charge on any atom is 0.237 e. The topological polar surface area (TPSA) is 69.0 Å². The second-order valence-corrected chi connectivity index (χ2v) is 8.59. The molecule has 1 aliphatic carbocycles. The molecule has 2 heterocycles. The number of methoxy groups -OCH3 is 1. The predicted molar refractivity (Wildman–Crippen MR) is 109 cm³/mol. The highest BCUT2D eigenvalue weighted by atomic mass is 32.2. The first kappa shape index (κ1) is 18.1. The number of carbonyl (C=O) groups is 1. The molecule has 0 aliphatic heterocycles. The van der Waals surface area contributed by atoms with Crippen LogP contribution in [0.5, 0.6) is 5.75 Å². The summed E-state index contributed by atoms with van der Waals surface area (Å²) in [6, 6.07) is 11.9. The van der Waals surface area contributed by atoms with Crippen molar-refractivity contribution in [2.24, 2.45) is 0 Å². The molecule has 1 aromatic carbocycles. The quantitative estimate of drug-likeness (QED) is 0.593. The fraction of sp³-hybridized carbons (Fsp3) is 0.316. The Morgan fingerprint density at radius 3 is 2.81 bits per heavy atom. The van der Waals surface area contributed by atoms with Crippen LogP contribution >= 0.6 is 23.1 Å². The number of para-hydroxylation sites is 2. The molecule has 27 heavy (non-hydrogen) atoms. The van der Waals surface area contributed by atoms with E-state index in [1.165, 1.54) is 11.8 Å². The maximum absolute atomic E-state index is 12.7. The van der Waals surface area contributed by atoms with E-state index in [0.29, 0.717) is 17.5 Å². The zero-order chi connectivity index (χ0) is 18.8. The molecule has 1 N–H and O–H groups in total. The van der Waals surface area contributed by atoms with E-state index in [9.17, 15) is 4.79 Å². The Morgan fingerprint density at radius 2 is 2.11 bits per heavy atom. The zero-order valence-corrected chi connectivity index (χ0v) is 16.7. The van der Waals surface area contributed by atoms with Crippen LogP contribution in [-0.4, -0.2) is 33.0 Å². The largest absolute Gasteiger partial charge is 0.495 e. The normalized spacial score (nSPS) is 14.7. The van der Waals surface area contributed by atoms with E-state index in [1.807, 2.05) is 42.6 Å². The lowest BCUT2D eigenvalue weighted by Crippen LogP contribution is -2.23. The smallest absolute Gasteiger partial charge is 0.237 e. The third-order valence-electron chi connectivity index (χ3n) is 4.33. The molecule has 1 amide bonds. The van der Waals surface area contributed by atoms with Crippen LogP contribution in [0.4, 0.5) is 5.69 Å². The molecule has 0 saturated heterocycles. The number of benzene rings is 1. The van der Waals surface area contributed by atoms with Crippen LogP contribution in [0.1, 0.15) is 25.8 Å². The number of nitrogens with zero attached hydrogens (tertiary/aromatic N) is 3. The molecule has 1 aliphatic rings. The van der Waals surface area contributed by atoms with Gasteiger partial charge in [-0.1, -0.05) is 30.0 Å². The number of ether oxygens (including phenoxy) is 1. The summed E-state index contributed by atoms with van der Waals surface area (Å²) in [6.07, 6.45) is 2.26. The number of aromatic nitrogens is 3. The fourth-order valence-electron chi connectivity index (χ4n) is 2.79. The Balaban J connectivity index is 1.51. The first-order chi connectivity index (χ1) is 13.2. The van der Waals surface area contributed by atoms with Crippen LogP contribution in [0.15, 0.2) is 46.9 Å². The molecule has 8 heteroatoms. The summed E-state index contributed by atoms with van der Waals surface area (Å²) in [5.74, 6) is 1.45. The van der Waals surface area contributed by atoms with Gasteiger partial charge < -0.3 is 10.1 Å². The van der Waals surface area contributed by atoms with Crippen molar-refractivity contribution in [3.63, 3.8) is 0 Å². The number of thioether (sulfide) groups is 1. The van der Waals surface area contributed by atoms with Crippen LogP contribution in [0.2, 0.25) is 0 Å². The molecule has 0 bridgehead atoms. The van der Waals surface area contributed by atoms with E-state index in [1.54, 1.807) is 18.4 Å². The minimum absolute atomic E-state index is 0.0903. The van der Waals surface area contributed by atoms with Crippen molar-refractivity contribution in [2.75, 3.05) is 12.4 Å². The van der Waals surface area contributed by atoms with Crippen molar-refractivity contribution in [3.05, 3.63) is 41.8 Å². The van der Waals surface area contributed by atoms with Crippen LogP contribution in [0.25, 0.3) is 10.7 Å². The number of carbonyl (C=O) groups excluding carboxylic acids is 1. The number of hydrogen-bond donors (Lipinski definition) is 1. The van der Waals surface area contributed by atoms with Crippen molar-refractivity contribution in [1.82, 2.24) is 14.8 Å². The third-order valence-corrected chi connectivity index (χ3v) is 6.26. The van der Waals surface area contributed by atoms with Gasteiger partial charge in [0.15, 0.2) is 11.0 Å². The molecule has 0 unspecified atom stereocenters. The minimum Gasteiger partial charge on any atom is -0.495 e. The minimum atomic E-state index is -0.312. The van der Waals surface area contributed by atoms with Crippen molar-refractivity contribution in [1.29, 1.82) is 0 Å². The first-order valence-corrected chi connectivity index (χ1v) is 10.5. The average molecular weight is 401 g/mol. The molecule has 1 atom stereocenters. The van der Waals surface area contributed by atoms with E-state index in [0.717, 1.165) is 28.7 Å². The Hall–Kier alpha value is -2.32. The molecule has 2 aromatic heterocycles. The molecular formula is C19H20N4O2S2. The van der Waals surface area contributed by atoms with E-state index >= 15 is 0 Å². The van der Waals surface area contributed by atoms with Gasteiger partial charge in [0, 0.05) is 6.04 Å². The van der Waals surface area contributed by atoms with Crippen molar-refractivity contribution in [2.45, 2.75) is 36.2 Å². The predicted octanol–water partition coefficient (Wildman–Crippen LogP) is 4.47. The lowest BCUT2D eigenvalue weighted by atomic mass is 10.3. The van der Waals surface area contributed by atoms with Gasteiger partial charge in [0.05, 0.1) is 22.9 Å². The average Bonchev–Trinajstić information content (AvgIpc) is 3.20. The fourth-order valence-corrected chi connectivity index (χ4v) is 4.41. The summed E-state index contributed by atoms with van der Waals surface area (Å²) < 4.78 is 7.48. The van der Waals surface area contributed by atoms with Crippen molar-refractivity contribution in [3.8, 4) is 16.5 Å². The van der Waals surface area contributed by atoms with Gasteiger partial charge in [0.1, 0.15) is 5.75 Å². The highest BCUT2D eigenvalue weighted by Crippen LogP contribution is 2.42. The van der Waals surface area contributed by atoms with Crippen LogP contribution < -0.4 is 10.1 Å². The summed E-state index contributed by atoms with van der Waals surface area (Å²) in [5, 5.41) is 14.2. The van der Waals surface area contributed by atoms with Gasteiger partial charge >= 0.3 is 0 Å². The molecule has 3 aromatic rings. The molecular weight excluding hydrogens is 380 g/mol. The highest BCUT2D eigenvalue weighted by molar-refractivity contribution is 8.00. The van der Waals surface area contributed by atoms with Gasteiger partial charge in [-0.15, -0.1) is 21.5 Å².